The number of halogens is 1. The van der Waals surface area contributed by atoms with Crippen molar-refractivity contribution in [3.63, 3.8) is 0 Å². The van der Waals surface area contributed by atoms with E-state index in [0.29, 0.717) is 17.7 Å². The van der Waals surface area contributed by atoms with Crippen LogP contribution in [0.3, 0.4) is 0 Å². The van der Waals surface area contributed by atoms with Gasteiger partial charge in [-0.15, -0.1) is 0 Å². The Bertz CT molecular complexity index is 1380. The van der Waals surface area contributed by atoms with Gasteiger partial charge in [0.15, 0.2) is 5.75 Å². The first kappa shape index (κ1) is 17.8. The van der Waals surface area contributed by atoms with Gasteiger partial charge in [-0.1, -0.05) is 17.7 Å². The Morgan fingerprint density at radius 1 is 1.27 bits per heavy atom. The first-order valence-electron chi connectivity index (χ1n) is 10.0. The van der Waals surface area contributed by atoms with E-state index in [-0.39, 0.29) is 5.69 Å². The van der Waals surface area contributed by atoms with Crippen molar-refractivity contribution < 1.29 is 4.74 Å². The summed E-state index contributed by atoms with van der Waals surface area (Å²) in [7, 11) is 0. The van der Waals surface area contributed by atoms with Gasteiger partial charge in [0, 0.05) is 41.2 Å². The second kappa shape index (κ2) is 6.48. The summed E-state index contributed by atoms with van der Waals surface area (Å²) in [5.41, 5.74) is 5.99. The maximum atomic E-state index is 11.9. The second-order valence-electron chi connectivity index (χ2n) is 7.94. The number of ether oxygens (including phenoxy) is 1. The number of pyridine rings is 1. The molecule has 0 unspecified atom stereocenters. The molecule has 1 atom stereocenters. The predicted molar refractivity (Wildman–Crippen MR) is 119 cm³/mol. The number of rotatable bonds is 1. The van der Waals surface area contributed by atoms with Crippen molar-refractivity contribution >= 4 is 39.2 Å². The van der Waals surface area contributed by atoms with Crippen LogP contribution in [0.2, 0.25) is 5.02 Å². The molecular weight excluding hydrogens is 402 g/mol. The molecule has 7 nitrogen and oxygen atoms in total. The molecule has 6 rings (SSSR count). The van der Waals surface area contributed by atoms with E-state index in [0.717, 1.165) is 69.7 Å². The highest BCUT2D eigenvalue weighted by Crippen LogP contribution is 2.43. The monoisotopic (exact) mass is 421 g/mol. The number of nitrogens with one attached hydrogen (secondary N) is 3. The summed E-state index contributed by atoms with van der Waals surface area (Å²) in [6.07, 6.45) is 1.80. The number of aromatic nitrogens is 3. The Morgan fingerprint density at radius 3 is 3.07 bits per heavy atom. The lowest BCUT2D eigenvalue weighted by molar-refractivity contribution is 0.247. The van der Waals surface area contributed by atoms with Gasteiger partial charge in [0.1, 0.15) is 6.61 Å². The van der Waals surface area contributed by atoms with E-state index in [1.165, 1.54) is 0 Å². The van der Waals surface area contributed by atoms with Crippen molar-refractivity contribution in [1.29, 1.82) is 0 Å². The normalized spacial score (nSPS) is 18.3. The molecule has 0 aliphatic carbocycles. The van der Waals surface area contributed by atoms with Crippen LogP contribution in [0, 0.1) is 6.92 Å². The molecule has 3 N–H and O–H groups in total. The summed E-state index contributed by atoms with van der Waals surface area (Å²) in [6.45, 7) is 5.42. The van der Waals surface area contributed by atoms with Crippen molar-refractivity contribution in [2.45, 2.75) is 13.0 Å². The number of benzene rings is 2. The number of hydrogen-bond acceptors (Lipinski definition) is 5. The number of piperazine rings is 1. The van der Waals surface area contributed by atoms with E-state index in [1.54, 1.807) is 6.20 Å². The lowest BCUT2D eigenvalue weighted by Gasteiger charge is -2.42. The van der Waals surface area contributed by atoms with E-state index < -0.39 is 0 Å². The molecule has 1 saturated heterocycles. The van der Waals surface area contributed by atoms with Gasteiger partial charge < -0.3 is 24.9 Å². The molecule has 1 fully saturated rings. The van der Waals surface area contributed by atoms with Gasteiger partial charge in [0.05, 0.1) is 34.5 Å². The molecule has 2 aromatic carbocycles. The fraction of sp³-hybridized carbons (Fsp3) is 0.273. The first-order valence-corrected chi connectivity index (χ1v) is 10.4. The number of fused-ring (bicyclic) bond motifs is 6. The highest BCUT2D eigenvalue weighted by Gasteiger charge is 2.31. The summed E-state index contributed by atoms with van der Waals surface area (Å²) < 4.78 is 6.00. The molecule has 0 radical (unpaired) electrons. The van der Waals surface area contributed by atoms with E-state index in [1.807, 2.05) is 31.2 Å². The Labute approximate surface area is 177 Å². The van der Waals surface area contributed by atoms with Crippen LogP contribution in [-0.4, -0.2) is 47.2 Å². The molecule has 0 saturated carbocycles. The van der Waals surface area contributed by atoms with Gasteiger partial charge in [-0.25, -0.2) is 4.79 Å². The Hall–Kier alpha value is -3.03. The van der Waals surface area contributed by atoms with Crippen LogP contribution >= 0.6 is 11.6 Å². The fourth-order valence-electron chi connectivity index (χ4n) is 4.72. The molecule has 2 aliphatic rings. The van der Waals surface area contributed by atoms with Crippen LogP contribution in [0.5, 0.6) is 5.75 Å². The standard InChI is InChI=1S/C22H20ClN5O2/c1-11-2-3-16-20(27-22(29)26-16)19(11)13-7-17-14(6-15(13)23)21-18(9-25-17)30-10-12-8-24-4-5-28(12)21/h2-3,6-7,9,12,24H,4-5,8,10H2,1H3,(H2,26,27,29)/t12-/m1/s1. The minimum Gasteiger partial charge on any atom is -0.488 e. The molecule has 0 spiro atoms. The summed E-state index contributed by atoms with van der Waals surface area (Å²) in [6, 6.07) is 8.18. The van der Waals surface area contributed by atoms with Crippen LogP contribution < -0.4 is 20.6 Å². The third kappa shape index (κ3) is 2.55. The van der Waals surface area contributed by atoms with Crippen LogP contribution in [-0.2, 0) is 0 Å². The zero-order valence-corrected chi connectivity index (χ0v) is 17.1. The Kier molecular flexibility index (Phi) is 3.85. The molecule has 0 amide bonds. The van der Waals surface area contributed by atoms with E-state index in [9.17, 15) is 4.79 Å². The topological polar surface area (TPSA) is 86.0 Å². The zero-order chi connectivity index (χ0) is 20.4. The van der Waals surface area contributed by atoms with Gasteiger partial charge in [-0.05, 0) is 30.7 Å². The molecular formula is C22H20ClN5O2. The van der Waals surface area contributed by atoms with E-state index >= 15 is 0 Å². The van der Waals surface area contributed by atoms with Crippen LogP contribution in [0.4, 0.5) is 5.69 Å². The molecule has 152 valence electrons. The van der Waals surface area contributed by atoms with Crippen LogP contribution in [0.25, 0.3) is 33.1 Å². The van der Waals surface area contributed by atoms with Crippen LogP contribution in [0.15, 0.2) is 35.3 Å². The van der Waals surface area contributed by atoms with Crippen molar-refractivity contribution in [2.75, 3.05) is 31.1 Å². The number of H-pyrrole nitrogens is 2. The highest BCUT2D eigenvalue weighted by molar-refractivity contribution is 6.35. The number of anilines is 1. The van der Waals surface area contributed by atoms with Crippen molar-refractivity contribution in [2.24, 2.45) is 0 Å². The smallest absolute Gasteiger partial charge is 0.323 e. The highest BCUT2D eigenvalue weighted by atomic mass is 35.5. The number of nitrogens with zero attached hydrogens (tertiary/aromatic N) is 2. The lowest BCUT2D eigenvalue weighted by atomic mass is 9.96. The molecule has 0 bridgehead atoms. The van der Waals surface area contributed by atoms with Crippen molar-refractivity contribution in [3.05, 3.63) is 51.5 Å². The van der Waals surface area contributed by atoms with Gasteiger partial charge in [-0.2, -0.15) is 0 Å². The second-order valence-corrected chi connectivity index (χ2v) is 8.35. The average Bonchev–Trinajstić information content (AvgIpc) is 3.13. The average molecular weight is 422 g/mol. The number of aromatic amines is 2. The quantitative estimate of drug-likeness (QED) is 0.439. The maximum Gasteiger partial charge on any atom is 0.323 e. The molecule has 4 heterocycles. The zero-order valence-electron chi connectivity index (χ0n) is 16.4. The van der Waals surface area contributed by atoms with Gasteiger partial charge in [0.2, 0.25) is 0 Å². The SMILES string of the molecule is Cc1ccc2[nH]c(=O)[nH]c2c1-c1cc2ncc3c(c2cc1Cl)N1CCNC[C@@H]1CO3. The molecule has 8 heteroatoms. The van der Waals surface area contributed by atoms with E-state index in [4.69, 9.17) is 16.3 Å². The van der Waals surface area contributed by atoms with Crippen molar-refractivity contribution in [3.8, 4) is 16.9 Å². The predicted octanol–water partition coefficient (Wildman–Crippen LogP) is 3.20. The maximum absolute atomic E-state index is 11.9. The minimum atomic E-state index is -0.233. The fourth-order valence-corrected chi connectivity index (χ4v) is 4.98. The first-order chi connectivity index (χ1) is 14.6. The summed E-state index contributed by atoms with van der Waals surface area (Å²) >= 11 is 6.83. The van der Waals surface area contributed by atoms with Gasteiger partial charge in [-0.3, -0.25) is 4.98 Å². The minimum absolute atomic E-state index is 0.233. The number of aryl methyl sites for hydroxylation is 1. The Balaban J connectivity index is 1.60. The number of imidazole rings is 1. The third-order valence-electron chi connectivity index (χ3n) is 6.13. The van der Waals surface area contributed by atoms with Crippen molar-refractivity contribution in [1.82, 2.24) is 20.3 Å². The third-order valence-corrected chi connectivity index (χ3v) is 6.45. The largest absolute Gasteiger partial charge is 0.488 e. The summed E-state index contributed by atoms with van der Waals surface area (Å²) in [4.78, 5) is 24.7. The Morgan fingerprint density at radius 2 is 2.17 bits per heavy atom. The summed E-state index contributed by atoms with van der Waals surface area (Å²) in [5.74, 6) is 0.803. The van der Waals surface area contributed by atoms with Gasteiger partial charge in [0.25, 0.3) is 0 Å². The number of hydrogen-bond donors (Lipinski definition) is 3. The molecule has 2 aliphatic heterocycles. The summed E-state index contributed by atoms with van der Waals surface area (Å²) in [5, 5.41) is 5.04. The molecule has 2 aromatic heterocycles. The van der Waals surface area contributed by atoms with Gasteiger partial charge >= 0.3 is 5.69 Å². The lowest BCUT2D eigenvalue weighted by Crippen LogP contribution is -2.55. The van der Waals surface area contributed by atoms with E-state index in [2.05, 4.69) is 25.2 Å². The molecule has 4 aromatic rings. The van der Waals surface area contributed by atoms with Crippen LogP contribution in [0.1, 0.15) is 5.56 Å². The molecule has 30 heavy (non-hydrogen) atoms.